The van der Waals surface area contributed by atoms with Crippen LogP contribution in [0.1, 0.15) is 10.4 Å². The predicted molar refractivity (Wildman–Crippen MR) is 66.2 cm³/mol. The number of hydrogen-bond acceptors (Lipinski definition) is 5. The summed E-state index contributed by atoms with van der Waals surface area (Å²) in [5.74, 6) is -0.794. The van der Waals surface area contributed by atoms with E-state index in [4.69, 9.17) is 4.74 Å². The molecular formula is C12H10FN3O4. The zero-order valence-electron chi connectivity index (χ0n) is 10.4. The van der Waals surface area contributed by atoms with Crippen LogP contribution in [0.2, 0.25) is 0 Å². The number of ketones is 1. The molecule has 1 aromatic heterocycles. The highest BCUT2D eigenvalue weighted by molar-refractivity contribution is 5.98. The first-order chi connectivity index (χ1) is 9.51. The highest BCUT2D eigenvalue weighted by Gasteiger charge is 2.16. The Morgan fingerprint density at radius 2 is 2.30 bits per heavy atom. The molecule has 0 aliphatic rings. The van der Waals surface area contributed by atoms with Gasteiger partial charge in [0.25, 0.3) is 0 Å². The van der Waals surface area contributed by atoms with Crippen LogP contribution in [-0.2, 0) is 6.54 Å². The molecule has 0 saturated heterocycles. The third-order valence-electron chi connectivity index (χ3n) is 2.60. The second-order valence-electron chi connectivity index (χ2n) is 3.92. The number of carbonyl (C=O) groups is 1. The quantitative estimate of drug-likeness (QED) is 0.473. The van der Waals surface area contributed by atoms with E-state index < -0.39 is 16.5 Å². The SMILES string of the molecule is COc1ccc(F)cc1C(=O)Cn1cc([N+](=O)[O-])cn1. The first-order valence-corrected chi connectivity index (χ1v) is 5.55. The van der Waals surface area contributed by atoms with Crippen molar-refractivity contribution in [2.45, 2.75) is 6.54 Å². The Labute approximate surface area is 112 Å². The van der Waals surface area contributed by atoms with E-state index in [-0.39, 0.29) is 23.5 Å². The van der Waals surface area contributed by atoms with Crippen molar-refractivity contribution in [3.8, 4) is 5.75 Å². The molecule has 7 nitrogen and oxygen atoms in total. The van der Waals surface area contributed by atoms with Crippen molar-refractivity contribution in [2.24, 2.45) is 0 Å². The lowest BCUT2D eigenvalue weighted by molar-refractivity contribution is -0.385. The van der Waals surface area contributed by atoms with Gasteiger partial charge in [-0.15, -0.1) is 0 Å². The number of nitrogens with zero attached hydrogens (tertiary/aromatic N) is 3. The molecule has 0 fully saturated rings. The number of carbonyl (C=O) groups excluding carboxylic acids is 1. The van der Waals surface area contributed by atoms with Crippen LogP contribution in [0.15, 0.2) is 30.6 Å². The monoisotopic (exact) mass is 279 g/mol. The van der Waals surface area contributed by atoms with Gasteiger partial charge in [-0.3, -0.25) is 19.6 Å². The fraction of sp³-hybridized carbons (Fsp3) is 0.167. The molecule has 0 amide bonds. The van der Waals surface area contributed by atoms with Crippen molar-refractivity contribution in [1.29, 1.82) is 0 Å². The zero-order valence-corrected chi connectivity index (χ0v) is 10.4. The predicted octanol–water partition coefficient (Wildman–Crippen LogP) is 1.82. The van der Waals surface area contributed by atoms with Crippen molar-refractivity contribution >= 4 is 11.5 Å². The van der Waals surface area contributed by atoms with E-state index in [2.05, 4.69) is 5.10 Å². The molecule has 0 saturated carbocycles. The van der Waals surface area contributed by atoms with Gasteiger partial charge in [0, 0.05) is 0 Å². The van der Waals surface area contributed by atoms with Crippen molar-refractivity contribution < 1.29 is 18.8 Å². The fourth-order valence-electron chi connectivity index (χ4n) is 1.66. The maximum Gasteiger partial charge on any atom is 0.307 e. The summed E-state index contributed by atoms with van der Waals surface area (Å²) in [5.41, 5.74) is -0.158. The van der Waals surface area contributed by atoms with E-state index in [9.17, 15) is 19.3 Å². The second kappa shape index (κ2) is 5.47. The summed E-state index contributed by atoms with van der Waals surface area (Å²) in [6, 6.07) is 3.57. The van der Waals surface area contributed by atoms with E-state index in [1.54, 1.807) is 0 Å². The number of aromatic nitrogens is 2. The van der Waals surface area contributed by atoms with Crippen LogP contribution in [0.4, 0.5) is 10.1 Å². The number of halogens is 1. The molecule has 1 heterocycles. The van der Waals surface area contributed by atoms with Gasteiger partial charge in [0.1, 0.15) is 30.5 Å². The molecule has 0 atom stereocenters. The molecule has 0 bridgehead atoms. The Morgan fingerprint density at radius 1 is 1.55 bits per heavy atom. The molecule has 0 unspecified atom stereocenters. The number of methoxy groups -OCH3 is 1. The van der Waals surface area contributed by atoms with Crippen LogP contribution in [-0.4, -0.2) is 27.6 Å². The molecule has 0 aliphatic carbocycles. The van der Waals surface area contributed by atoms with Crippen LogP contribution in [0.25, 0.3) is 0 Å². The van der Waals surface area contributed by atoms with Gasteiger partial charge >= 0.3 is 5.69 Å². The third-order valence-corrected chi connectivity index (χ3v) is 2.60. The van der Waals surface area contributed by atoms with Gasteiger partial charge < -0.3 is 4.74 Å². The smallest absolute Gasteiger partial charge is 0.307 e. The largest absolute Gasteiger partial charge is 0.496 e. The van der Waals surface area contributed by atoms with Gasteiger partial charge in [0.2, 0.25) is 0 Å². The summed E-state index contributed by atoms with van der Waals surface area (Å²) in [5, 5.41) is 14.2. The van der Waals surface area contributed by atoms with Crippen molar-refractivity contribution in [3.05, 3.63) is 52.1 Å². The molecule has 0 radical (unpaired) electrons. The number of Topliss-reactive ketones (excluding diaryl/α,β-unsaturated/α-hetero) is 1. The number of hydrogen-bond donors (Lipinski definition) is 0. The third kappa shape index (κ3) is 2.79. The first-order valence-electron chi connectivity index (χ1n) is 5.55. The molecular weight excluding hydrogens is 269 g/mol. The summed E-state index contributed by atoms with van der Waals surface area (Å²) in [6.07, 6.45) is 2.17. The minimum Gasteiger partial charge on any atom is -0.496 e. The average Bonchev–Trinajstić information content (AvgIpc) is 2.87. The van der Waals surface area contributed by atoms with Gasteiger partial charge in [0.05, 0.1) is 17.6 Å². The van der Waals surface area contributed by atoms with E-state index in [1.807, 2.05) is 0 Å². The topological polar surface area (TPSA) is 87.3 Å². The van der Waals surface area contributed by atoms with E-state index in [0.29, 0.717) is 0 Å². The summed E-state index contributed by atoms with van der Waals surface area (Å²) < 4.78 is 19.3. The van der Waals surface area contributed by atoms with E-state index in [1.165, 1.54) is 19.2 Å². The van der Waals surface area contributed by atoms with E-state index in [0.717, 1.165) is 23.1 Å². The second-order valence-corrected chi connectivity index (χ2v) is 3.92. The molecule has 0 spiro atoms. The van der Waals surface area contributed by atoms with Crippen LogP contribution in [0.3, 0.4) is 0 Å². The minimum atomic E-state index is -0.614. The van der Waals surface area contributed by atoms with Gasteiger partial charge in [-0.05, 0) is 18.2 Å². The van der Waals surface area contributed by atoms with Gasteiger partial charge in [-0.2, -0.15) is 5.10 Å². The first kappa shape index (κ1) is 13.7. The lowest BCUT2D eigenvalue weighted by Crippen LogP contribution is -2.12. The van der Waals surface area contributed by atoms with Gasteiger partial charge in [-0.1, -0.05) is 0 Å². The molecule has 20 heavy (non-hydrogen) atoms. The lowest BCUT2D eigenvalue weighted by atomic mass is 10.1. The fourth-order valence-corrected chi connectivity index (χ4v) is 1.66. The standard InChI is InChI=1S/C12H10FN3O4/c1-20-12-3-2-8(13)4-10(12)11(17)7-15-6-9(5-14-15)16(18)19/h2-6H,7H2,1H3. The van der Waals surface area contributed by atoms with Crippen molar-refractivity contribution in [1.82, 2.24) is 9.78 Å². The maximum atomic E-state index is 13.2. The summed E-state index contributed by atoms with van der Waals surface area (Å²) in [4.78, 5) is 21.9. The van der Waals surface area contributed by atoms with Crippen molar-refractivity contribution in [2.75, 3.05) is 7.11 Å². The number of rotatable bonds is 5. The average molecular weight is 279 g/mol. The summed E-state index contributed by atoms with van der Waals surface area (Å²) in [6.45, 7) is -0.242. The van der Waals surface area contributed by atoms with Crippen LogP contribution < -0.4 is 4.74 Å². The molecule has 2 aromatic rings. The molecule has 0 N–H and O–H groups in total. The molecule has 104 valence electrons. The van der Waals surface area contributed by atoms with Crippen LogP contribution >= 0.6 is 0 Å². The van der Waals surface area contributed by atoms with E-state index >= 15 is 0 Å². The maximum absolute atomic E-state index is 13.2. The Morgan fingerprint density at radius 3 is 2.90 bits per heavy atom. The Balaban J connectivity index is 2.23. The molecule has 1 aromatic carbocycles. The molecule has 0 aliphatic heterocycles. The van der Waals surface area contributed by atoms with Crippen LogP contribution in [0, 0.1) is 15.9 Å². The van der Waals surface area contributed by atoms with Gasteiger partial charge in [-0.25, -0.2) is 4.39 Å². The normalized spacial score (nSPS) is 10.3. The Bertz CT molecular complexity index is 668. The lowest BCUT2D eigenvalue weighted by Gasteiger charge is -2.07. The number of benzene rings is 1. The Kier molecular flexibility index (Phi) is 3.74. The Hall–Kier alpha value is -2.77. The highest BCUT2D eigenvalue weighted by atomic mass is 19.1. The number of ether oxygens (including phenoxy) is 1. The summed E-state index contributed by atoms with van der Waals surface area (Å²) >= 11 is 0. The molecule has 2 rings (SSSR count). The minimum absolute atomic E-state index is 0.0608. The van der Waals surface area contributed by atoms with Gasteiger partial charge in [0.15, 0.2) is 5.78 Å². The number of nitro groups is 1. The van der Waals surface area contributed by atoms with Crippen LogP contribution in [0.5, 0.6) is 5.75 Å². The zero-order chi connectivity index (χ0) is 14.7. The molecule has 8 heteroatoms. The summed E-state index contributed by atoms with van der Waals surface area (Å²) in [7, 11) is 1.36. The van der Waals surface area contributed by atoms with Crippen molar-refractivity contribution in [3.63, 3.8) is 0 Å². The highest BCUT2D eigenvalue weighted by Crippen LogP contribution is 2.20.